The maximum Gasteiger partial charge on any atom is 0.490 e. The molecule has 0 radical (unpaired) electrons. The minimum absolute atomic E-state index is 0.101. The van der Waals surface area contributed by atoms with Crippen molar-refractivity contribution in [3.8, 4) is 5.75 Å². The number of ether oxygens (including phenoxy) is 1. The van der Waals surface area contributed by atoms with E-state index in [1.807, 2.05) is 0 Å². The van der Waals surface area contributed by atoms with Gasteiger partial charge in [-0.05, 0) is 50.0 Å². The molecule has 0 atom stereocenters. The van der Waals surface area contributed by atoms with Crippen LogP contribution in [0.4, 0.5) is 17.6 Å². The number of likely N-dealkylation sites (N-methyl/N-ethyl adjacent to an activating group) is 1. The fraction of sp³-hybridized carbons (Fsp3) is 0.579. The highest BCUT2D eigenvalue weighted by Gasteiger charge is 2.38. The number of carbonyl (C=O) groups excluding carboxylic acids is 1. The van der Waals surface area contributed by atoms with Crippen LogP contribution in [0.3, 0.4) is 0 Å². The standard InChI is InChI=1S/C17H25FN2O2.C2HF3O2/c1-13-6-8-20(9-7-13)11-10-19(2)17(21)14-4-5-15(18)16(12-14)22-3;3-2(4,5)1(6)7/h4-5,12-13H,6-11H2,1-3H3;(H,6,7). The highest BCUT2D eigenvalue weighted by atomic mass is 19.4. The number of benzene rings is 1. The molecule has 1 aliphatic rings. The SMILES string of the molecule is COc1cc(C(=O)N(C)CCN2CCC(C)CC2)ccc1F.O=C(O)C(F)(F)F. The highest BCUT2D eigenvalue weighted by molar-refractivity contribution is 5.94. The van der Waals surface area contributed by atoms with E-state index in [1.54, 1.807) is 11.9 Å². The van der Waals surface area contributed by atoms with Gasteiger partial charge in [-0.15, -0.1) is 0 Å². The first kappa shape index (κ1) is 24.7. The van der Waals surface area contributed by atoms with Gasteiger partial charge in [0.1, 0.15) is 0 Å². The molecule has 1 heterocycles. The van der Waals surface area contributed by atoms with Gasteiger partial charge < -0.3 is 19.6 Å². The maximum atomic E-state index is 13.4. The minimum atomic E-state index is -5.08. The third kappa shape index (κ3) is 8.26. The molecule has 1 N–H and O–H groups in total. The summed E-state index contributed by atoms with van der Waals surface area (Å²) in [7, 11) is 3.18. The molecular weight excluding hydrogens is 396 g/mol. The van der Waals surface area contributed by atoms with Gasteiger partial charge in [0.05, 0.1) is 7.11 Å². The first-order valence-electron chi connectivity index (χ1n) is 9.07. The monoisotopic (exact) mass is 422 g/mol. The summed E-state index contributed by atoms with van der Waals surface area (Å²) < 4.78 is 50.1. The molecule has 0 unspecified atom stereocenters. The van der Waals surface area contributed by atoms with Gasteiger partial charge in [-0.25, -0.2) is 9.18 Å². The number of piperidine rings is 1. The number of methoxy groups -OCH3 is 1. The highest BCUT2D eigenvalue weighted by Crippen LogP contribution is 2.19. The van der Waals surface area contributed by atoms with Crippen LogP contribution >= 0.6 is 0 Å². The lowest BCUT2D eigenvalue weighted by atomic mass is 9.99. The number of hydrogen-bond acceptors (Lipinski definition) is 4. The average Bonchev–Trinajstić information content (AvgIpc) is 2.67. The van der Waals surface area contributed by atoms with E-state index in [4.69, 9.17) is 14.6 Å². The van der Waals surface area contributed by atoms with Crippen molar-refractivity contribution < 1.29 is 37.0 Å². The summed E-state index contributed by atoms with van der Waals surface area (Å²) in [6.07, 6.45) is -2.63. The summed E-state index contributed by atoms with van der Waals surface area (Å²) in [5, 5.41) is 7.12. The van der Waals surface area contributed by atoms with Crippen molar-refractivity contribution in [1.29, 1.82) is 0 Å². The molecule has 164 valence electrons. The van der Waals surface area contributed by atoms with Crippen molar-refractivity contribution in [2.24, 2.45) is 5.92 Å². The number of carboxylic acid groups (broad SMARTS) is 1. The number of alkyl halides is 3. The molecule has 29 heavy (non-hydrogen) atoms. The lowest BCUT2D eigenvalue weighted by Gasteiger charge is -2.31. The largest absolute Gasteiger partial charge is 0.494 e. The fourth-order valence-corrected chi connectivity index (χ4v) is 2.69. The Kier molecular flexibility index (Phi) is 9.35. The van der Waals surface area contributed by atoms with Crippen LogP contribution in [0, 0.1) is 11.7 Å². The van der Waals surface area contributed by atoms with Crippen molar-refractivity contribution in [3.63, 3.8) is 0 Å². The molecule has 0 aliphatic carbocycles. The van der Waals surface area contributed by atoms with E-state index in [2.05, 4.69) is 11.8 Å². The summed E-state index contributed by atoms with van der Waals surface area (Å²) >= 11 is 0. The van der Waals surface area contributed by atoms with Crippen LogP contribution in [-0.2, 0) is 4.79 Å². The molecule has 1 fully saturated rings. The Hall–Kier alpha value is -2.36. The second-order valence-corrected chi connectivity index (χ2v) is 6.90. The Balaban J connectivity index is 0.000000516. The van der Waals surface area contributed by atoms with Crippen molar-refractivity contribution in [2.75, 3.05) is 40.3 Å². The van der Waals surface area contributed by atoms with Gasteiger partial charge in [-0.2, -0.15) is 13.2 Å². The van der Waals surface area contributed by atoms with Crippen LogP contribution in [0.2, 0.25) is 0 Å². The zero-order valence-corrected chi connectivity index (χ0v) is 16.6. The van der Waals surface area contributed by atoms with Crippen molar-refractivity contribution >= 4 is 11.9 Å². The van der Waals surface area contributed by atoms with Crippen LogP contribution in [0.5, 0.6) is 5.75 Å². The van der Waals surface area contributed by atoms with Crippen LogP contribution < -0.4 is 4.74 Å². The number of hydrogen-bond donors (Lipinski definition) is 1. The Morgan fingerprint density at radius 2 is 1.83 bits per heavy atom. The van der Waals surface area contributed by atoms with Gasteiger partial charge in [-0.3, -0.25) is 4.79 Å². The van der Waals surface area contributed by atoms with Crippen molar-refractivity contribution in [3.05, 3.63) is 29.6 Å². The molecule has 1 saturated heterocycles. The number of likely N-dealkylation sites (tertiary alicyclic amines) is 1. The second-order valence-electron chi connectivity index (χ2n) is 6.90. The summed E-state index contributed by atoms with van der Waals surface area (Å²) in [5.41, 5.74) is 0.452. The third-order valence-electron chi connectivity index (χ3n) is 4.62. The molecule has 0 bridgehead atoms. The fourth-order valence-electron chi connectivity index (χ4n) is 2.69. The normalized spacial score (nSPS) is 15.3. The van der Waals surface area contributed by atoms with E-state index in [1.165, 1.54) is 38.2 Å². The van der Waals surface area contributed by atoms with Gasteiger partial charge in [0.2, 0.25) is 0 Å². The van der Waals surface area contributed by atoms with Crippen LogP contribution in [0.1, 0.15) is 30.1 Å². The van der Waals surface area contributed by atoms with Gasteiger partial charge in [0, 0.05) is 25.7 Å². The molecular formula is C19H26F4N2O4. The number of amides is 1. The van der Waals surface area contributed by atoms with Crippen molar-refractivity contribution in [1.82, 2.24) is 9.80 Å². The number of carbonyl (C=O) groups is 2. The summed E-state index contributed by atoms with van der Waals surface area (Å²) in [5.74, 6) is -2.41. The molecule has 6 nitrogen and oxygen atoms in total. The quantitative estimate of drug-likeness (QED) is 0.738. The molecule has 2 rings (SSSR count). The minimum Gasteiger partial charge on any atom is -0.494 e. The number of aliphatic carboxylic acids is 1. The van der Waals surface area contributed by atoms with Crippen molar-refractivity contribution in [2.45, 2.75) is 25.9 Å². The average molecular weight is 422 g/mol. The smallest absolute Gasteiger partial charge is 0.490 e. The lowest BCUT2D eigenvalue weighted by Crippen LogP contribution is -2.40. The predicted molar refractivity (Wildman–Crippen MR) is 98.4 cm³/mol. The van der Waals surface area contributed by atoms with E-state index in [0.29, 0.717) is 12.1 Å². The van der Waals surface area contributed by atoms with E-state index in [9.17, 15) is 22.4 Å². The maximum absolute atomic E-state index is 13.4. The lowest BCUT2D eigenvalue weighted by molar-refractivity contribution is -0.192. The molecule has 0 spiro atoms. The van der Waals surface area contributed by atoms with Crippen LogP contribution in [0.15, 0.2) is 18.2 Å². The van der Waals surface area contributed by atoms with Crippen LogP contribution in [0.25, 0.3) is 0 Å². The predicted octanol–water partition coefficient (Wildman–Crippen LogP) is 3.27. The Bertz CT molecular complexity index is 689. The zero-order chi connectivity index (χ0) is 22.2. The summed E-state index contributed by atoms with van der Waals surface area (Å²) in [6.45, 7) is 6.05. The van der Waals surface area contributed by atoms with Gasteiger partial charge in [-0.1, -0.05) is 6.92 Å². The molecule has 1 aromatic carbocycles. The third-order valence-corrected chi connectivity index (χ3v) is 4.62. The number of carboxylic acids is 1. The summed E-state index contributed by atoms with van der Waals surface area (Å²) in [6, 6.07) is 4.22. The van der Waals surface area contributed by atoms with Gasteiger partial charge >= 0.3 is 12.1 Å². The molecule has 1 aromatic rings. The van der Waals surface area contributed by atoms with E-state index in [-0.39, 0.29) is 11.7 Å². The Morgan fingerprint density at radius 1 is 1.28 bits per heavy atom. The second kappa shape index (κ2) is 11.0. The van der Waals surface area contributed by atoms with E-state index in [0.717, 1.165) is 25.6 Å². The first-order valence-corrected chi connectivity index (χ1v) is 9.07. The number of rotatable bonds is 5. The molecule has 1 aliphatic heterocycles. The zero-order valence-electron chi connectivity index (χ0n) is 16.6. The van der Waals surface area contributed by atoms with Gasteiger partial charge in [0.15, 0.2) is 11.6 Å². The van der Waals surface area contributed by atoms with Gasteiger partial charge in [0.25, 0.3) is 5.91 Å². The number of nitrogens with zero attached hydrogens (tertiary/aromatic N) is 2. The van der Waals surface area contributed by atoms with E-state index < -0.39 is 18.0 Å². The topological polar surface area (TPSA) is 70.1 Å². The van der Waals surface area contributed by atoms with Crippen LogP contribution in [-0.4, -0.2) is 73.3 Å². The molecule has 10 heteroatoms. The molecule has 0 saturated carbocycles. The Labute approximate surface area is 167 Å². The Morgan fingerprint density at radius 3 is 2.31 bits per heavy atom. The molecule has 1 amide bonds. The van der Waals surface area contributed by atoms with E-state index >= 15 is 0 Å². The molecule has 0 aromatic heterocycles. The first-order chi connectivity index (χ1) is 13.5. The number of halogens is 4. The summed E-state index contributed by atoms with van der Waals surface area (Å²) in [4.78, 5) is 25.4.